The van der Waals surface area contributed by atoms with Crippen LogP contribution in [0.2, 0.25) is 0 Å². The fourth-order valence-corrected chi connectivity index (χ4v) is 0.884. The molecule has 0 amide bonds. The van der Waals surface area contributed by atoms with E-state index >= 15 is 0 Å². The van der Waals surface area contributed by atoms with Gasteiger partial charge in [-0.3, -0.25) is 0 Å². The third-order valence-electron chi connectivity index (χ3n) is 1.27. The normalized spacial score (nSPS) is 9.70. The van der Waals surface area contributed by atoms with E-state index in [0.717, 1.165) is 11.0 Å². The second kappa shape index (κ2) is 2.85. The van der Waals surface area contributed by atoms with Crippen molar-refractivity contribution in [3.63, 3.8) is 0 Å². The van der Waals surface area contributed by atoms with E-state index in [2.05, 4.69) is 16.2 Å². The minimum absolute atomic E-state index is 0. The zero-order valence-corrected chi connectivity index (χ0v) is 8.46. The number of aryl methyl sites for hydroxylation is 1. The Morgan fingerprint density at radius 1 is 1.70 bits per heavy atom. The molecule has 49 valence electrons. The summed E-state index contributed by atoms with van der Waals surface area (Å²) in [6.07, 6.45) is 6.63. The van der Waals surface area contributed by atoms with Crippen molar-refractivity contribution in [3.05, 3.63) is 18.7 Å². The van der Waals surface area contributed by atoms with Gasteiger partial charge in [-0.25, -0.2) is 0 Å². The van der Waals surface area contributed by atoms with Gasteiger partial charge in [-0.2, -0.15) is 0 Å². The summed E-state index contributed by atoms with van der Waals surface area (Å²) in [7, 11) is 1.93. The van der Waals surface area contributed by atoms with Gasteiger partial charge >= 0.3 is 0 Å². The topological polar surface area (TPSA) is 33.6 Å². The van der Waals surface area contributed by atoms with E-state index in [-0.39, 0.29) is 32.7 Å². The third-order valence-corrected chi connectivity index (χ3v) is 1.27. The largest absolute Gasteiger partial charge is 0.470 e. The average Bonchev–Trinajstić information content (AvgIpc) is 2.22. The Morgan fingerprint density at radius 3 is 3.20 bits per heavy atom. The van der Waals surface area contributed by atoms with Crippen LogP contribution in [0.4, 0.5) is 0 Å². The quantitative estimate of drug-likeness (QED) is 0.636. The number of nitrogens with one attached hydrogen (secondary N) is 1. The van der Waals surface area contributed by atoms with Crippen molar-refractivity contribution >= 4 is 11.0 Å². The summed E-state index contributed by atoms with van der Waals surface area (Å²) in [4.78, 5) is 6.98. The Morgan fingerprint density at radius 2 is 2.50 bits per heavy atom. The Kier molecular flexibility index (Phi) is 2.26. The maximum atomic E-state index is 4.03. The molecule has 0 atom stereocenters. The zero-order valence-electron chi connectivity index (χ0n) is 5.63. The molecule has 2 aromatic heterocycles. The molecule has 0 aliphatic heterocycles. The molecular formula is C6H6N3Y-. The summed E-state index contributed by atoms with van der Waals surface area (Å²) in [5.41, 5.74) is 1.94. The summed E-state index contributed by atoms with van der Waals surface area (Å²) in [5, 5.41) is 0. The van der Waals surface area contributed by atoms with Gasteiger partial charge in [0.2, 0.25) is 0 Å². The number of fused-ring (bicyclic) bond motifs is 1. The van der Waals surface area contributed by atoms with Gasteiger partial charge in [0, 0.05) is 32.7 Å². The van der Waals surface area contributed by atoms with Crippen LogP contribution < -0.4 is 0 Å². The molecule has 0 saturated heterocycles. The van der Waals surface area contributed by atoms with E-state index in [1.54, 1.807) is 6.33 Å². The molecule has 3 nitrogen and oxygen atoms in total. The van der Waals surface area contributed by atoms with Crippen LogP contribution in [0.5, 0.6) is 0 Å². The molecule has 2 aromatic rings. The van der Waals surface area contributed by atoms with Crippen LogP contribution in [-0.4, -0.2) is 14.5 Å². The molecule has 0 saturated carbocycles. The molecule has 10 heavy (non-hydrogen) atoms. The van der Waals surface area contributed by atoms with Crippen LogP contribution in [0.15, 0.2) is 12.5 Å². The monoisotopic (exact) mass is 209 g/mol. The van der Waals surface area contributed by atoms with Crippen LogP contribution in [0.1, 0.15) is 0 Å². The summed E-state index contributed by atoms with van der Waals surface area (Å²) in [6.45, 7) is 0. The van der Waals surface area contributed by atoms with E-state index in [1.165, 1.54) is 0 Å². The molecule has 1 radical (unpaired) electrons. The molecule has 0 aliphatic rings. The van der Waals surface area contributed by atoms with Gasteiger partial charge in [0.05, 0.1) is 6.33 Å². The molecular weight excluding hydrogens is 203 g/mol. The number of aromatic amines is 1. The van der Waals surface area contributed by atoms with Gasteiger partial charge in [-0.15, -0.1) is 6.20 Å². The summed E-state index contributed by atoms with van der Waals surface area (Å²) in [6, 6.07) is 0. The summed E-state index contributed by atoms with van der Waals surface area (Å²) < 4.78 is 1.86. The number of hydrogen-bond donors (Lipinski definition) is 1. The minimum Gasteiger partial charge on any atom is -0.470 e. The average molecular weight is 209 g/mol. The van der Waals surface area contributed by atoms with Gasteiger partial charge in [0.1, 0.15) is 0 Å². The van der Waals surface area contributed by atoms with Crippen molar-refractivity contribution in [3.8, 4) is 0 Å². The van der Waals surface area contributed by atoms with Crippen molar-refractivity contribution in [2.75, 3.05) is 0 Å². The number of H-pyrrole nitrogens is 1. The first-order valence-corrected chi connectivity index (χ1v) is 2.74. The van der Waals surface area contributed by atoms with Crippen molar-refractivity contribution in [1.29, 1.82) is 0 Å². The number of imidazole rings is 1. The van der Waals surface area contributed by atoms with Gasteiger partial charge < -0.3 is 14.5 Å². The first kappa shape index (κ1) is 7.96. The van der Waals surface area contributed by atoms with Gasteiger partial charge in [-0.1, -0.05) is 6.20 Å². The fourth-order valence-electron chi connectivity index (χ4n) is 0.884. The molecule has 0 bridgehead atoms. The fraction of sp³-hybridized carbons (Fsp3) is 0.167. The van der Waals surface area contributed by atoms with Crippen LogP contribution in [-0.2, 0) is 39.8 Å². The standard InChI is InChI=1S/C6H6N3.Y/c1-9-2-5-6(3-9)8-4-7-5;/h2,4H,1H3,(H,7,8);/q-1;. The molecule has 0 fully saturated rings. The van der Waals surface area contributed by atoms with E-state index in [1.807, 2.05) is 17.8 Å². The number of rotatable bonds is 0. The summed E-state index contributed by atoms with van der Waals surface area (Å²) >= 11 is 0. The van der Waals surface area contributed by atoms with Gasteiger partial charge in [-0.05, 0) is 18.1 Å². The Hall–Kier alpha value is -0.146. The van der Waals surface area contributed by atoms with E-state index in [9.17, 15) is 0 Å². The number of aromatic nitrogens is 3. The van der Waals surface area contributed by atoms with Crippen molar-refractivity contribution < 1.29 is 32.7 Å². The molecule has 0 spiro atoms. The van der Waals surface area contributed by atoms with E-state index < -0.39 is 0 Å². The second-order valence-corrected chi connectivity index (χ2v) is 2.01. The molecule has 4 heteroatoms. The Balaban J connectivity index is 0.000000500. The van der Waals surface area contributed by atoms with Crippen LogP contribution in [0.25, 0.3) is 11.0 Å². The first-order chi connectivity index (χ1) is 4.36. The van der Waals surface area contributed by atoms with Crippen LogP contribution >= 0.6 is 0 Å². The zero-order chi connectivity index (χ0) is 6.27. The second-order valence-electron chi connectivity index (χ2n) is 2.01. The third kappa shape index (κ3) is 1.16. The molecule has 2 heterocycles. The van der Waals surface area contributed by atoms with Gasteiger partial charge in [0.25, 0.3) is 0 Å². The van der Waals surface area contributed by atoms with Crippen LogP contribution in [0, 0.1) is 6.20 Å². The van der Waals surface area contributed by atoms with Crippen molar-refractivity contribution in [2.45, 2.75) is 0 Å². The van der Waals surface area contributed by atoms with Crippen molar-refractivity contribution in [1.82, 2.24) is 14.5 Å². The maximum Gasteiger partial charge on any atom is 0.0763 e. The number of hydrogen-bond acceptors (Lipinski definition) is 1. The van der Waals surface area contributed by atoms with E-state index in [4.69, 9.17) is 0 Å². The van der Waals surface area contributed by atoms with Crippen LogP contribution in [0.3, 0.4) is 0 Å². The Labute approximate surface area is 83.7 Å². The minimum atomic E-state index is 0. The predicted octanol–water partition coefficient (Wildman–Crippen LogP) is 0.699. The van der Waals surface area contributed by atoms with E-state index in [0.29, 0.717) is 0 Å². The predicted molar refractivity (Wildman–Crippen MR) is 33.9 cm³/mol. The smallest absolute Gasteiger partial charge is 0.0763 e. The molecule has 0 unspecified atom stereocenters. The number of nitrogens with zero attached hydrogens (tertiary/aromatic N) is 2. The van der Waals surface area contributed by atoms with Gasteiger partial charge in [0.15, 0.2) is 0 Å². The summed E-state index contributed by atoms with van der Waals surface area (Å²) in [5.74, 6) is 0. The van der Waals surface area contributed by atoms with Crippen molar-refractivity contribution in [2.24, 2.45) is 7.05 Å². The first-order valence-electron chi connectivity index (χ1n) is 2.74. The molecule has 0 aliphatic carbocycles. The molecule has 2 rings (SSSR count). The Bertz CT molecular complexity index is 294. The molecule has 0 aromatic carbocycles. The maximum absolute atomic E-state index is 4.03. The molecule has 1 N–H and O–H groups in total. The SMILES string of the molecule is Cn1[c-]c2[nH]cnc2c1.[Y].